The number of imide groups is 1. The molecule has 2 aromatic carbocycles. The summed E-state index contributed by atoms with van der Waals surface area (Å²) in [6, 6.07) is 17.7. The second-order valence-corrected chi connectivity index (χ2v) is 20.4. The molecule has 5 rings (SSSR count). The summed E-state index contributed by atoms with van der Waals surface area (Å²) >= 11 is 0. The Hall–Kier alpha value is -2.60. The SMILES string of the molecule is CC1C(=O)N([C@H]2[C@H](O[Si](C)(C)C(C)(C)C)O[C@H](COCc3ccccc3)[C@@H](O[C@@H]3O[C@H](CO)[C@H](O)[C@H](O)[C@H]3O)[C@@H]2OCc2ccccc2)C(=O)C1C. The van der Waals surface area contributed by atoms with Gasteiger partial charge in [0.2, 0.25) is 11.8 Å². The number of carbonyl (C=O) groups excluding carboxylic acids is 2. The van der Waals surface area contributed by atoms with Crippen LogP contribution in [0.1, 0.15) is 45.7 Å². The number of ether oxygens (including phenoxy) is 5. The standard InChI is InChI=1S/C38H55NO12Si/c1-22-23(2)35(45)39(34(22)44)28-33(47-20-25-16-12-9-13-17-25)32(50-37-31(43)30(42)29(41)26(18-40)48-37)27(21-46-19-24-14-10-8-11-15-24)49-36(28)51-52(6,7)38(3,4)5/h8-17,22-23,26-33,36-37,40-43H,18-21H2,1-7H3/t22?,23?,26-,27-,28-,29+,30+,31-,32-,33-,36+,37+/m1/s1. The molecule has 52 heavy (non-hydrogen) atoms. The van der Waals surface area contributed by atoms with Crippen LogP contribution >= 0.6 is 0 Å². The number of carbonyl (C=O) groups is 2. The summed E-state index contributed by atoms with van der Waals surface area (Å²) in [5, 5.41) is 41.9. The minimum Gasteiger partial charge on any atom is -0.394 e. The molecule has 4 N–H and O–H groups in total. The highest BCUT2D eigenvalue weighted by atomic mass is 28.4. The fraction of sp³-hybridized carbons (Fsp3) is 0.632. The molecule has 3 aliphatic rings. The molecule has 14 heteroatoms. The Bertz CT molecular complexity index is 1450. The van der Waals surface area contributed by atoms with E-state index in [0.29, 0.717) is 0 Å². The van der Waals surface area contributed by atoms with Crippen LogP contribution < -0.4 is 0 Å². The molecule has 2 amide bonds. The minimum absolute atomic E-state index is 0.0439. The van der Waals surface area contributed by atoms with Crippen LogP contribution in [0.4, 0.5) is 0 Å². The molecule has 288 valence electrons. The van der Waals surface area contributed by atoms with Gasteiger partial charge in [0.05, 0.1) is 26.4 Å². The molecule has 2 aromatic rings. The summed E-state index contributed by atoms with van der Waals surface area (Å²) < 4.78 is 38.9. The van der Waals surface area contributed by atoms with Crippen molar-refractivity contribution in [3.05, 3.63) is 71.8 Å². The summed E-state index contributed by atoms with van der Waals surface area (Å²) in [6.07, 6.45) is -12.4. The van der Waals surface area contributed by atoms with Crippen molar-refractivity contribution in [2.24, 2.45) is 11.8 Å². The number of hydrogen-bond donors (Lipinski definition) is 4. The molecule has 2 unspecified atom stereocenters. The normalized spacial score (nSPS) is 34.6. The summed E-state index contributed by atoms with van der Waals surface area (Å²) in [6.45, 7) is 13.3. The van der Waals surface area contributed by atoms with Crippen molar-refractivity contribution in [3.63, 3.8) is 0 Å². The molecule has 0 aromatic heterocycles. The van der Waals surface area contributed by atoms with E-state index in [1.165, 1.54) is 4.90 Å². The average molecular weight is 746 g/mol. The molecule has 0 saturated carbocycles. The van der Waals surface area contributed by atoms with Gasteiger partial charge >= 0.3 is 0 Å². The third-order valence-corrected chi connectivity index (χ3v) is 15.4. The van der Waals surface area contributed by atoms with Gasteiger partial charge in [-0.3, -0.25) is 14.5 Å². The third kappa shape index (κ3) is 8.68. The maximum absolute atomic E-state index is 14.0. The maximum Gasteiger partial charge on any atom is 0.233 e. The topological polar surface area (TPSA) is 174 Å². The van der Waals surface area contributed by atoms with E-state index in [2.05, 4.69) is 20.8 Å². The van der Waals surface area contributed by atoms with Crippen LogP contribution in [-0.4, -0.2) is 120 Å². The van der Waals surface area contributed by atoms with E-state index in [1.807, 2.05) is 73.8 Å². The van der Waals surface area contributed by atoms with Crippen LogP contribution in [0.3, 0.4) is 0 Å². The van der Waals surface area contributed by atoms with Crippen molar-refractivity contribution in [3.8, 4) is 0 Å². The molecular formula is C38H55NO12Si. The Morgan fingerprint density at radius 2 is 1.29 bits per heavy atom. The van der Waals surface area contributed by atoms with E-state index in [0.717, 1.165) is 11.1 Å². The van der Waals surface area contributed by atoms with E-state index < -0.39 is 99.9 Å². The van der Waals surface area contributed by atoms with Gasteiger partial charge in [-0.25, -0.2) is 0 Å². The summed E-state index contributed by atoms with van der Waals surface area (Å²) in [7, 11) is -2.66. The Labute approximate surface area is 306 Å². The fourth-order valence-electron chi connectivity index (χ4n) is 6.45. The first-order valence-electron chi connectivity index (χ1n) is 18.0. The molecule has 0 aliphatic carbocycles. The van der Waals surface area contributed by atoms with Gasteiger partial charge in [-0.1, -0.05) is 95.3 Å². The van der Waals surface area contributed by atoms with Gasteiger partial charge in [-0.15, -0.1) is 0 Å². The number of benzene rings is 2. The van der Waals surface area contributed by atoms with Gasteiger partial charge in [0.1, 0.15) is 48.8 Å². The zero-order chi connectivity index (χ0) is 38.0. The second-order valence-electron chi connectivity index (χ2n) is 15.6. The van der Waals surface area contributed by atoms with Crippen LogP contribution in [0, 0.1) is 11.8 Å². The lowest BCUT2D eigenvalue weighted by molar-refractivity contribution is -0.351. The number of nitrogens with zero attached hydrogens (tertiary/aromatic N) is 1. The highest BCUT2D eigenvalue weighted by Crippen LogP contribution is 2.43. The smallest absolute Gasteiger partial charge is 0.233 e. The lowest BCUT2D eigenvalue weighted by atomic mass is 9.94. The number of likely N-dealkylation sites (tertiary alicyclic amines) is 1. The molecule has 3 aliphatic heterocycles. The quantitative estimate of drug-likeness (QED) is 0.175. The Morgan fingerprint density at radius 1 is 0.750 bits per heavy atom. The first kappa shape index (κ1) is 40.6. The van der Waals surface area contributed by atoms with Crippen LogP contribution in [0.15, 0.2) is 60.7 Å². The summed E-state index contributed by atoms with van der Waals surface area (Å²) in [4.78, 5) is 29.2. The monoisotopic (exact) mass is 745 g/mol. The van der Waals surface area contributed by atoms with Crippen molar-refractivity contribution < 1.29 is 58.1 Å². The molecule has 0 spiro atoms. The maximum atomic E-state index is 14.0. The molecule has 3 saturated heterocycles. The molecule has 0 radical (unpaired) electrons. The van der Waals surface area contributed by atoms with Crippen molar-refractivity contribution in [1.82, 2.24) is 4.90 Å². The number of rotatable bonds is 13. The van der Waals surface area contributed by atoms with Gasteiger partial charge in [0, 0.05) is 11.8 Å². The highest BCUT2D eigenvalue weighted by Gasteiger charge is 2.59. The van der Waals surface area contributed by atoms with Gasteiger partial charge in [0.15, 0.2) is 20.9 Å². The van der Waals surface area contributed by atoms with E-state index in [-0.39, 0.29) is 24.9 Å². The Kier molecular flexibility index (Phi) is 13.1. The highest BCUT2D eigenvalue weighted by molar-refractivity contribution is 6.74. The van der Waals surface area contributed by atoms with Gasteiger partial charge in [-0.2, -0.15) is 0 Å². The van der Waals surface area contributed by atoms with Crippen molar-refractivity contribution >= 4 is 20.1 Å². The average Bonchev–Trinajstić information content (AvgIpc) is 3.30. The lowest BCUT2D eigenvalue weighted by Gasteiger charge is -2.52. The first-order valence-corrected chi connectivity index (χ1v) is 20.9. The fourth-order valence-corrected chi connectivity index (χ4v) is 7.58. The molecule has 12 atom stereocenters. The molecule has 3 heterocycles. The Balaban J connectivity index is 1.61. The van der Waals surface area contributed by atoms with E-state index in [9.17, 15) is 30.0 Å². The zero-order valence-corrected chi connectivity index (χ0v) is 32.0. The first-order chi connectivity index (χ1) is 24.6. The number of aliphatic hydroxyl groups excluding tert-OH is 4. The minimum atomic E-state index is -2.66. The summed E-state index contributed by atoms with van der Waals surface area (Å²) in [5.41, 5.74) is 1.71. The largest absolute Gasteiger partial charge is 0.394 e. The number of aliphatic hydroxyl groups is 4. The number of hydrogen-bond acceptors (Lipinski definition) is 12. The zero-order valence-electron chi connectivity index (χ0n) is 31.0. The van der Waals surface area contributed by atoms with Crippen LogP contribution in [0.2, 0.25) is 18.1 Å². The summed E-state index contributed by atoms with van der Waals surface area (Å²) in [5.74, 6) is -2.05. The molecule has 3 fully saturated rings. The van der Waals surface area contributed by atoms with Gasteiger partial charge in [-0.05, 0) is 29.3 Å². The molecule has 0 bridgehead atoms. The second kappa shape index (κ2) is 16.8. The molecule has 13 nitrogen and oxygen atoms in total. The Morgan fingerprint density at radius 3 is 1.83 bits per heavy atom. The third-order valence-electron chi connectivity index (χ3n) is 11.0. The lowest BCUT2D eigenvalue weighted by Crippen LogP contribution is -2.70. The van der Waals surface area contributed by atoms with Crippen molar-refractivity contribution in [1.29, 1.82) is 0 Å². The number of amides is 2. The van der Waals surface area contributed by atoms with Crippen LogP contribution in [0.5, 0.6) is 0 Å². The predicted octanol–water partition coefficient (Wildman–Crippen LogP) is 2.73. The van der Waals surface area contributed by atoms with E-state index in [1.54, 1.807) is 13.8 Å². The van der Waals surface area contributed by atoms with Crippen molar-refractivity contribution in [2.45, 2.75) is 127 Å². The van der Waals surface area contributed by atoms with Crippen LogP contribution in [0.25, 0.3) is 0 Å². The van der Waals surface area contributed by atoms with Gasteiger partial charge < -0.3 is 48.5 Å². The predicted molar refractivity (Wildman–Crippen MR) is 191 cm³/mol. The molecular weight excluding hydrogens is 690 g/mol. The van der Waals surface area contributed by atoms with E-state index in [4.69, 9.17) is 28.1 Å². The van der Waals surface area contributed by atoms with Crippen molar-refractivity contribution in [2.75, 3.05) is 13.2 Å². The van der Waals surface area contributed by atoms with Crippen LogP contribution in [-0.2, 0) is 50.9 Å². The van der Waals surface area contributed by atoms with E-state index >= 15 is 0 Å². The van der Waals surface area contributed by atoms with Gasteiger partial charge in [0.25, 0.3) is 0 Å².